The Morgan fingerprint density at radius 2 is 1.53 bits per heavy atom. The van der Waals surface area contributed by atoms with E-state index >= 15 is 0 Å². The van der Waals surface area contributed by atoms with Crippen LogP contribution >= 0.6 is 0 Å². The van der Waals surface area contributed by atoms with Crippen LogP contribution in [0.25, 0.3) is 0 Å². The zero-order valence-electron chi connectivity index (χ0n) is 18.0. The molecule has 0 aliphatic carbocycles. The Bertz CT molecular complexity index is 1340. The number of carbonyl (C=O) groups is 1. The predicted molar refractivity (Wildman–Crippen MR) is 119 cm³/mol. The van der Waals surface area contributed by atoms with Crippen molar-refractivity contribution in [1.82, 2.24) is 0 Å². The molecule has 0 aromatic heterocycles. The van der Waals surface area contributed by atoms with Gasteiger partial charge in [0.2, 0.25) is 0 Å². The Hall–Kier alpha value is -3.73. The third kappa shape index (κ3) is 4.14. The average molecular weight is 492 g/mol. The molecule has 0 saturated heterocycles. The maximum absolute atomic E-state index is 13.6. The van der Waals surface area contributed by atoms with Crippen molar-refractivity contribution in [2.24, 2.45) is 0 Å². The molecule has 3 aromatic carbocycles. The van der Waals surface area contributed by atoms with Gasteiger partial charge in [0.25, 0.3) is 10.0 Å². The summed E-state index contributed by atoms with van der Waals surface area (Å²) in [5.41, 5.74) is -0.661. The van der Waals surface area contributed by atoms with Gasteiger partial charge in [-0.1, -0.05) is 24.3 Å². The molecule has 7 nitrogen and oxygen atoms in total. The Morgan fingerprint density at radius 1 is 0.882 bits per heavy atom. The number of methoxy groups -OCH3 is 2. The summed E-state index contributed by atoms with van der Waals surface area (Å²) in [6.07, 6.45) is -4.56. The van der Waals surface area contributed by atoms with Crippen LogP contribution in [0.3, 0.4) is 0 Å². The molecule has 0 unspecified atom stereocenters. The van der Waals surface area contributed by atoms with Crippen molar-refractivity contribution in [3.63, 3.8) is 0 Å². The summed E-state index contributed by atoms with van der Waals surface area (Å²) in [6, 6.07) is 13.6. The highest BCUT2D eigenvalue weighted by Gasteiger charge is 2.43. The van der Waals surface area contributed by atoms with Crippen LogP contribution in [0.15, 0.2) is 71.6 Å². The van der Waals surface area contributed by atoms with Gasteiger partial charge in [-0.25, -0.2) is 13.2 Å². The van der Waals surface area contributed by atoms with Gasteiger partial charge in [-0.15, -0.1) is 0 Å². The van der Waals surface area contributed by atoms with Crippen molar-refractivity contribution in [3.8, 4) is 11.5 Å². The fraction of sp³-hybridized carbons (Fsp3) is 0.174. The van der Waals surface area contributed by atoms with Crippen LogP contribution in [-0.2, 0) is 22.7 Å². The third-order valence-corrected chi connectivity index (χ3v) is 6.99. The molecule has 1 aliphatic rings. The minimum atomic E-state index is -4.56. The highest BCUT2D eigenvalue weighted by atomic mass is 32.2. The number of sulfonamides is 1. The van der Waals surface area contributed by atoms with Crippen LogP contribution in [-0.4, -0.2) is 28.7 Å². The Kier molecular flexibility index (Phi) is 5.90. The summed E-state index contributed by atoms with van der Waals surface area (Å²) in [5, 5.41) is 0. The van der Waals surface area contributed by atoms with Gasteiger partial charge >= 0.3 is 12.2 Å². The number of benzene rings is 3. The number of amides is 2. The van der Waals surface area contributed by atoms with Crippen molar-refractivity contribution in [2.45, 2.75) is 17.6 Å². The summed E-state index contributed by atoms with van der Waals surface area (Å²) in [5.74, 6) is 0.501. The number of nitrogens with zero attached hydrogens (tertiary/aromatic N) is 2. The van der Waals surface area contributed by atoms with E-state index in [-0.39, 0.29) is 39.9 Å². The fourth-order valence-corrected chi connectivity index (χ4v) is 5.23. The van der Waals surface area contributed by atoms with Gasteiger partial charge in [0.15, 0.2) is 0 Å². The van der Waals surface area contributed by atoms with Crippen molar-refractivity contribution >= 4 is 27.4 Å². The molecule has 0 atom stereocenters. The number of carbonyl (C=O) groups excluding carboxylic acids is 1. The molecule has 0 radical (unpaired) electrons. The molecule has 3 aromatic rings. The molecule has 0 N–H and O–H groups in total. The predicted octanol–water partition coefficient (Wildman–Crippen LogP) is 5.06. The molecule has 11 heteroatoms. The lowest BCUT2D eigenvalue weighted by molar-refractivity contribution is -0.137. The SMILES string of the molecule is COc1cc(OC)cc(N2C(=O)N(Cc3cccc(C(F)(F)F)c3)c3ccccc3S2(=O)=O)c1. The minimum absolute atomic E-state index is 0.0373. The number of fused-ring (bicyclic) bond motifs is 1. The van der Waals surface area contributed by atoms with Crippen molar-refractivity contribution < 1.29 is 35.9 Å². The maximum Gasteiger partial charge on any atom is 0.416 e. The maximum atomic E-state index is 13.6. The number of para-hydroxylation sites is 1. The van der Waals surface area contributed by atoms with Crippen molar-refractivity contribution in [1.29, 1.82) is 0 Å². The van der Waals surface area contributed by atoms with E-state index in [2.05, 4.69) is 0 Å². The lowest BCUT2D eigenvalue weighted by Gasteiger charge is -2.36. The van der Waals surface area contributed by atoms with Crippen LogP contribution in [0.5, 0.6) is 11.5 Å². The number of urea groups is 1. The quantitative estimate of drug-likeness (QED) is 0.498. The van der Waals surface area contributed by atoms with Crippen LogP contribution in [0, 0.1) is 0 Å². The van der Waals surface area contributed by atoms with E-state index < -0.39 is 27.8 Å². The second kappa shape index (κ2) is 8.56. The fourth-order valence-electron chi connectivity index (χ4n) is 3.65. The van der Waals surface area contributed by atoms with Crippen molar-refractivity contribution in [3.05, 3.63) is 77.9 Å². The smallest absolute Gasteiger partial charge is 0.416 e. The third-order valence-electron chi connectivity index (χ3n) is 5.24. The lowest BCUT2D eigenvalue weighted by Crippen LogP contribution is -2.50. The number of alkyl halides is 3. The van der Waals surface area contributed by atoms with Crippen LogP contribution in [0.1, 0.15) is 11.1 Å². The summed E-state index contributed by atoms with van der Waals surface area (Å²) < 4.78 is 77.5. The summed E-state index contributed by atoms with van der Waals surface area (Å²) >= 11 is 0. The van der Waals surface area contributed by atoms with Gasteiger partial charge in [-0.2, -0.15) is 17.5 Å². The van der Waals surface area contributed by atoms with E-state index in [9.17, 15) is 26.4 Å². The van der Waals surface area contributed by atoms with E-state index in [0.29, 0.717) is 4.31 Å². The number of rotatable bonds is 5. The van der Waals surface area contributed by atoms with Crippen LogP contribution in [0.4, 0.5) is 29.3 Å². The number of hydrogen-bond acceptors (Lipinski definition) is 5. The lowest BCUT2D eigenvalue weighted by atomic mass is 10.1. The molecule has 0 saturated carbocycles. The van der Waals surface area contributed by atoms with Crippen LogP contribution in [0.2, 0.25) is 0 Å². The van der Waals surface area contributed by atoms with Crippen LogP contribution < -0.4 is 18.7 Å². The van der Waals surface area contributed by atoms with Gasteiger partial charge in [0.1, 0.15) is 16.4 Å². The highest BCUT2D eigenvalue weighted by molar-refractivity contribution is 7.94. The molecule has 178 valence electrons. The number of halogens is 3. The topological polar surface area (TPSA) is 76.2 Å². The Morgan fingerprint density at radius 3 is 2.15 bits per heavy atom. The zero-order valence-corrected chi connectivity index (χ0v) is 18.9. The van der Waals surface area contributed by atoms with Gasteiger partial charge in [-0.05, 0) is 29.8 Å². The van der Waals surface area contributed by atoms with E-state index in [0.717, 1.165) is 17.0 Å². The number of ether oxygens (including phenoxy) is 2. The minimum Gasteiger partial charge on any atom is -0.497 e. The van der Waals surface area contributed by atoms with Gasteiger partial charge in [0, 0.05) is 18.2 Å². The Balaban J connectivity index is 1.86. The summed E-state index contributed by atoms with van der Waals surface area (Å²) in [6.45, 7) is -0.285. The number of hydrogen-bond donors (Lipinski definition) is 0. The molecule has 0 fully saturated rings. The summed E-state index contributed by atoms with van der Waals surface area (Å²) in [4.78, 5) is 14.5. The molecule has 2 amide bonds. The molecule has 4 rings (SSSR count). The number of anilines is 2. The van der Waals surface area contributed by atoms with E-state index in [4.69, 9.17) is 9.47 Å². The first-order chi connectivity index (χ1) is 16.1. The monoisotopic (exact) mass is 492 g/mol. The van der Waals surface area contributed by atoms with Gasteiger partial charge in [0.05, 0.1) is 37.7 Å². The van der Waals surface area contributed by atoms with E-state index in [1.165, 1.54) is 62.8 Å². The molecule has 0 bridgehead atoms. The first-order valence-electron chi connectivity index (χ1n) is 9.91. The van der Waals surface area contributed by atoms with Gasteiger partial charge in [-0.3, -0.25) is 4.90 Å². The second-order valence-corrected chi connectivity index (χ2v) is 9.13. The Labute approximate surface area is 194 Å². The van der Waals surface area contributed by atoms with E-state index in [1.807, 2.05) is 0 Å². The highest BCUT2D eigenvalue weighted by Crippen LogP contribution is 2.40. The largest absolute Gasteiger partial charge is 0.497 e. The first-order valence-corrected chi connectivity index (χ1v) is 11.4. The molecular formula is C23H19F3N2O5S. The average Bonchev–Trinajstić information content (AvgIpc) is 2.81. The molecule has 0 spiro atoms. The molecular weight excluding hydrogens is 473 g/mol. The van der Waals surface area contributed by atoms with Gasteiger partial charge < -0.3 is 9.47 Å². The zero-order chi connectivity index (χ0) is 24.7. The second-order valence-electron chi connectivity index (χ2n) is 7.37. The van der Waals surface area contributed by atoms with Crippen molar-refractivity contribution in [2.75, 3.05) is 23.4 Å². The standard InChI is InChI=1S/C23H19F3N2O5S/c1-32-18-11-17(12-19(13-18)33-2)28-22(29)27(20-8-3-4-9-21(20)34(28,30)31)14-15-6-5-7-16(10-15)23(24,25)26/h3-13H,14H2,1-2H3. The summed E-state index contributed by atoms with van der Waals surface area (Å²) in [7, 11) is -1.59. The molecule has 34 heavy (non-hydrogen) atoms. The molecule has 1 aliphatic heterocycles. The normalized spacial score (nSPS) is 15.1. The molecule has 1 heterocycles. The van der Waals surface area contributed by atoms with E-state index in [1.54, 1.807) is 6.07 Å². The first kappa shape index (κ1) is 23.4.